The molecule has 6 heteroatoms. The summed E-state index contributed by atoms with van der Waals surface area (Å²) >= 11 is 7.73. The van der Waals surface area contributed by atoms with E-state index in [1.165, 1.54) is 0 Å². The van der Waals surface area contributed by atoms with Crippen molar-refractivity contribution in [2.75, 3.05) is 0 Å². The van der Waals surface area contributed by atoms with Gasteiger partial charge in [-0.15, -0.1) is 11.8 Å². The van der Waals surface area contributed by atoms with Crippen LogP contribution in [0, 0.1) is 70.5 Å². The molecule has 0 bridgehead atoms. The first kappa shape index (κ1) is 24.1. The van der Waals surface area contributed by atoms with Gasteiger partial charge in [-0.25, -0.2) is 0 Å². The van der Waals surface area contributed by atoms with Crippen LogP contribution in [0.25, 0.3) is 0 Å². The van der Waals surface area contributed by atoms with Gasteiger partial charge in [0.25, 0.3) is 0 Å². The minimum absolute atomic E-state index is 0.0773. The van der Waals surface area contributed by atoms with E-state index >= 15 is 0 Å². The molecule has 2 aliphatic carbocycles. The monoisotopic (exact) mass is 484 g/mol. The summed E-state index contributed by atoms with van der Waals surface area (Å²) in [6.07, 6.45) is 4.71. The molecule has 4 nitrogen and oxygen atoms in total. The minimum atomic E-state index is -1.65. The van der Waals surface area contributed by atoms with Crippen LogP contribution < -0.4 is 0 Å². The van der Waals surface area contributed by atoms with Crippen molar-refractivity contribution in [2.45, 2.75) is 49.7 Å². The molecule has 2 aromatic rings. The molecule has 0 heterocycles. The van der Waals surface area contributed by atoms with Crippen LogP contribution in [0.3, 0.4) is 0 Å². The molecule has 0 aliphatic heterocycles. The summed E-state index contributed by atoms with van der Waals surface area (Å²) in [5, 5.41) is 39.9. The molecule has 1 N–H and O–H groups in total. The summed E-state index contributed by atoms with van der Waals surface area (Å²) in [5.41, 5.74) is 3.45. The highest BCUT2D eigenvalue weighted by Gasteiger charge is 2.57. The lowest BCUT2D eigenvalue weighted by Gasteiger charge is -2.46. The van der Waals surface area contributed by atoms with Crippen LogP contribution in [0.4, 0.5) is 0 Å². The lowest BCUT2D eigenvalue weighted by Crippen LogP contribution is -2.49. The average Bonchev–Trinajstić information content (AvgIpc) is 2.84. The SMILES string of the molecule is Cc1cc(C)c([C@H]2[C@@H]3CCCC=C3[C@@H](C#N)C(=N)C2(C#N)C#N)cc1CSc1ccc(Cl)cc1. The molecule has 0 amide bonds. The third-order valence-electron chi connectivity index (χ3n) is 7.19. The number of hydrogen-bond acceptors (Lipinski definition) is 5. The quantitative estimate of drug-likeness (QED) is 0.364. The number of hydrogen-bond donors (Lipinski definition) is 1. The molecule has 1 saturated carbocycles. The lowest BCUT2D eigenvalue weighted by molar-refractivity contribution is 0.319. The van der Waals surface area contributed by atoms with Gasteiger partial charge in [0.15, 0.2) is 5.41 Å². The van der Waals surface area contributed by atoms with Crippen molar-refractivity contribution in [1.82, 2.24) is 0 Å². The number of aryl methyl sites for hydroxylation is 2. The van der Waals surface area contributed by atoms with Gasteiger partial charge in [-0.3, -0.25) is 0 Å². The maximum atomic E-state index is 10.3. The van der Waals surface area contributed by atoms with E-state index in [4.69, 9.17) is 17.0 Å². The van der Waals surface area contributed by atoms with Crippen molar-refractivity contribution >= 4 is 29.1 Å². The molecule has 4 rings (SSSR count). The Hall–Kier alpha value is -3.04. The summed E-state index contributed by atoms with van der Waals surface area (Å²) in [4.78, 5) is 1.11. The first-order valence-corrected chi connectivity index (χ1v) is 12.7. The van der Waals surface area contributed by atoms with Crippen LogP contribution in [0.15, 0.2) is 52.9 Å². The fourth-order valence-corrected chi connectivity index (χ4v) is 6.54. The van der Waals surface area contributed by atoms with Gasteiger partial charge >= 0.3 is 0 Å². The smallest absolute Gasteiger partial charge is 0.189 e. The van der Waals surface area contributed by atoms with Crippen molar-refractivity contribution in [1.29, 1.82) is 21.2 Å². The highest BCUT2D eigenvalue weighted by atomic mass is 35.5. The molecule has 0 saturated heterocycles. The third-order valence-corrected chi connectivity index (χ3v) is 8.51. The first-order valence-electron chi connectivity index (χ1n) is 11.4. The number of benzene rings is 2. The van der Waals surface area contributed by atoms with Crippen molar-refractivity contribution in [3.63, 3.8) is 0 Å². The summed E-state index contributed by atoms with van der Waals surface area (Å²) in [6.45, 7) is 4.10. The van der Waals surface area contributed by atoms with Gasteiger partial charge in [-0.2, -0.15) is 15.8 Å². The molecule has 1 fully saturated rings. The van der Waals surface area contributed by atoms with Crippen molar-refractivity contribution < 1.29 is 0 Å². The number of nitrogens with zero attached hydrogens (tertiary/aromatic N) is 3. The number of fused-ring (bicyclic) bond motifs is 1. The molecule has 170 valence electrons. The Morgan fingerprint density at radius 1 is 1.09 bits per heavy atom. The fourth-order valence-electron chi connectivity index (χ4n) is 5.45. The summed E-state index contributed by atoms with van der Waals surface area (Å²) in [5.74, 6) is -0.617. The van der Waals surface area contributed by atoms with Gasteiger partial charge < -0.3 is 5.41 Å². The highest BCUT2D eigenvalue weighted by molar-refractivity contribution is 7.98. The zero-order valence-corrected chi connectivity index (χ0v) is 20.8. The van der Waals surface area contributed by atoms with E-state index < -0.39 is 17.3 Å². The maximum Gasteiger partial charge on any atom is 0.189 e. The Kier molecular flexibility index (Phi) is 6.86. The maximum absolute atomic E-state index is 10.3. The predicted octanol–water partition coefficient (Wildman–Crippen LogP) is 7.27. The van der Waals surface area contributed by atoms with Gasteiger partial charge in [0.2, 0.25) is 0 Å². The standard InChI is InChI=1S/C28H25ClN4S/c1-17-11-18(2)24(12-19(17)14-34-21-9-7-20(29)8-10-21)26-23-6-4-3-5-22(23)25(13-30)27(33)28(26,15-31)16-32/h5,7-12,23,25-26,33H,3-4,6,14H2,1-2H3/t23-,25-,26-/m1/s1. The molecule has 0 radical (unpaired) electrons. The van der Waals surface area contributed by atoms with Crippen LogP contribution in [-0.2, 0) is 5.75 Å². The van der Waals surface area contributed by atoms with Gasteiger partial charge in [0, 0.05) is 21.6 Å². The summed E-state index contributed by atoms with van der Waals surface area (Å²) in [7, 11) is 0. The molecule has 0 aromatic heterocycles. The lowest BCUT2D eigenvalue weighted by atomic mass is 9.52. The molecule has 34 heavy (non-hydrogen) atoms. The van der Waals surface area contributed by atoms with E-state index in [2.05, 4.69) is 43.3 Å². The van der Waals surface area contributed by atoms with Crippen LogP contribution >= 0.6 is 23.4 Å². The zero-order valence-electron chi connectivity index (χ0n) is 19.2. The number of nitrogens with one attached hydrogen (secondary N) is 1. The van der Waals surface area contributed by atoms with E-state index in [1.807, 2.05) is 31.2 Å². The fraction of sp³-hybridized carbons (Fsp3) is 0.357. The number of halogens is 1. The largest absolute Gasteiger partial charge is 0.305 e. The Morgan fingerprint density at radius 2 is 1.79 bits per heavy atom. The van der Waals surface area contributed by atoms with Crippen LogP contribution in [-0.4, -0.2) is 5.71 Å². The van der Waals surface area contributed by atoms with Crippen LogP contribution in [0.2, 0.25) is 5.02 Å². The van der Waals surface area contributed by atoms with Crippen LogP contribution in [0.1, 0.15) is 47.4 Å². The minimum Gasteiger partial charge on any atom is -0.305 e. The van der Waals surface area contributed by atoms with E-state index in [9.17, 15) is 15.8 Å². The normalized spacial score (nSPS) is 23.1. The van der Waals surface area contributed by atoms with Gasteiger partial charge in [0.1, 0.15) is 5.92 Å². The first-order chi connectivity index (χ1) is 16.4. The Bertz CT molecular complexity index is 1280. The Balaban J connectivity index is 1.81. The van der Waals surface area contributed by atoms with Gasteiger partial charge in [-0.1, -0.05) is 29.8 Å². The Morgan fingerprint density at radius 3 is 2.44 bits per heavy atom. The second-order valence-corrected chi connectivity index (χ2v) is 10.6. The van der Waals surface area contributed by atoms with E-state index in [0.29, 0.717) is 5.02 Å². The number of nitriles is 3. The number of rotatable bonds is 4. The van der Waals surface area contributed by atoms with Crippen molar-refractivity contribution in [3.05, 3.63) is 75.3 Å². The van der Waals surface area contributed by atoms with E-state index in [0.717, 1.165) is 57.7 Å². The van der Waals surface area contributed by atoms with Gasteiger partial charge in [-0.05, 0) is 91.1 Å². The Labute approximate surface area is 210 Å². The van der Waals surface area contributed by atoms with Crippen LogP contribution in [0.5, 0.6) is 0 Å². The molecule has 2 aliphatic rings. The molecular weight excluding hydrogens is 460 g/mol. The predicted molar refractivity (Wildman–Crippen MR) is 136 cm³/mol. The molecule has 3 atom stereocenters. The topological polar surface area (TPSA) is 95.2 Å². The molecule has 0 unspecified atom stereocenters. The number of thioether (sulfide) groups is 1. The van der Waals surface area contributed by atoms with Gasteiger partial charge in [0.05, 0.1) is 23.9 Å². The second-order valence-electron chi connectivity index (χ2n) is 9.10. The summed E-state index contributed by atoms with van der Waals surface area (Å²) < 4.78 is 0. The van der Waals surface area contributed by atoms with Crippen molar-refractivity contribution in [2.24, 2.45) is 17.3 Å². The molecule has 0 spiro atoms. The second kappa shape index (κ2) is 9.68. The number of allylic oxidation sites excluding steroid dienone is 2. The average molecular weight is 485 g/mol. The van der Waals surface area contributed by atoms with Crippen molar-refractivity contribution in [3.8, 4) is 18.2 Å². The molecule has 2 aromatic carbocycles. The highest BCUT2D eigenvalue weighted by Crippen LogP contribution is 2.56. The molecular formula is C28H25ClN4S. The van der Waals surface area contributed by atoms with E-state index in [1.54, 1.807) is 11.8 Å². The third kappa shape index (κ3) is 4.03. The zero-order chi connectivity index (χ0) is 24.5. The summed E-state index contributed by atoms with van der Waals surface area (Å²) in [6, 6.07) is 18.6. The van der Waals surface area contributed by atoms with E-state index in [-0.39, 0.29) is 11.6 Å².